The minimum Gasteiger partial charge on any atom is -0.383 e. The van der Waals surface area contributed by atoms with Gasteiger partial charge in [-0.15, -0.1) is 0 Å². The Balaban J connectivity index is 2.69. The van der Waals surface area contributed by atoms with Crippen LogP contribution < -0.4 is 11.1 Å². The van der Waals surface area contributed by atoms with Crippen LogP contribution in [0.5, 0.6) is 0 Å². The van der Waals surface area contributed by atoms with Crippen LogP contribution in [0.4, 0.5) is 10.1 Å². The number of ether oxygens (including phenoxy) is 1. The van der Waals surface area contributed by atoms with Crippen molar-refractivity contribution in [3.05, 3.63) is 29.0 Å². The third kappa shape index (κ3) is 3.44. The molecule has 1 rings (SSSR count). The lowest BCUT2D eigenvalue weighted by molar-refractivity contribution is -0.118. The Labute approximate surface area is 97.5 Å². The van der Waals surface area contributed by atoms with Gasteiger partial charge in [-0.1, -0.05) is 11.6 Å². The predicted octanol–water partition coefficient (Wildman–Crippen LogP) is 1.39. The highest BCUT2D eigenvalue weighted by molar-refractivity contribution is 6.33. The Morgan fingerprint density at radius 3 is 2.94 bits per heavy atom. The smallest absolute Gasteiger partial charge is 0.243 e. The number of anilines is 1. The number of carbonyl (C=O) groups is 1. The molecule has 0 saturated carbocycles. The van der Waals surface area contributed by atoms with Gasteiger partial charge in [-0.25, -0.2) is 4.39 Å². The number of rotatable bonds is 4. The van der Waals surface area contributed by atoms with Crippen LogP contribution in [-0.4, -0.2) is 25.7 Å². The van der Waals surface area contributed by atoms with Crippen LogP contribution in [0.15, 0.2) is 18.2 Å². The largest absolute Gasteiger partial charge is 0.383 e. The van der Waals surface area contributed by atoms with Gasteiger partial charge in [-0.2, -0.15) is 0 Å². The number of hydrogen-bond donors (Lipinski definition) is 2. The van der Waals surface area contributed by atoms with E-state index < -0.39 is 17.8 Å². The molecule has 0 fully saturated rings. The van der Waals surface area contributed by atoms with Crippen LogP contribution in [0.25, 0.3) is 0 Å². The van der Waals surface area contributed by atoms with Crippen LogP contribution >= 0.6 is 11.6 Å². The monoisotopic (exact) mass is 246 g/mol. The van der Waals surface area contributed by atoms with Crippen LogP contribution in [0, 0.1) is 5.82 Å². The fourth-order valence-corrected chi connectivity index (χ4v) is 1.29. The van der Waals surface area contributed by atoms with Crippen molar-refractivity contribution < 1.29 is 13.9 Å². The third-order valence-corrected chi connectivity index (χ3v) is 2.18. The summed E-state index contributed by atoms with van der Waals surface area (Å²) in [7, 11) is 1.44. The Bertz CT molecular complexity index is 387. The molecule has 0 aliphatic heterocycles. The van der Waals surface area contributed by atoms with E-state index in [1.165, 1.54) is 19.2 Å². The van der Waals surface area contributed by atoms with Crippen LogP contribution in [0.2, 0.25) is 5.02 Å². The van der Waals surface area contributed by atoms with Crippen molar-refractivity contribution in [3.8, 4) is 0 Å². The van der Waals surface area contributed by atoms with Gasteiger partial charge in [0.2, 0.25) is 5.91 Å². The summed E-state index contributed by atoms with van der Waals surface area (Å²) in [5.41, 5.74) is 5.82. The Morgan fingerprint density at radius 1 is 1.69 bits per heavy atom. The molecule has 1 amide bonds. The lowest BCUT2D eigenvalue weighted by Crippen LogP contribution is -2.39. The van der Waals surface area contributed by atoms with Crippen molar-refractivity contribution in [2.75, 3.05) is 19.0 Å². The van der Waals surface area contributed by atoms with Gasteiger partial charge in [0.05, 0.1) is 17.3 Å². The lowest BCUT2D eigenvalue weighted by Gasteiger charge is -2.12. The molecule has 1 aromatic carbocycles. The molecule has 88 valence electrons. The first-order valence-electron chi connectivity index (χ1n) is 4.55. The SMILES string of the molecule is COCC(N)C(=O)Nc1ccc(F)cc1Cl. The number of carbonyl (C=O) groups excluding carboxylic acids is 1. The van der Waals surface area contributed by atoms with E-state index in [2.05, 4.69) is 5.32 Å². The quantitative estimate of drug-likeness (QED) is 0.844. The van der Waals surface area contributed by atoms with Crippen molar-refractivity contribution in [3.63, 3.8) is 0 Å². The summed E-state index contributed by atoms with van der Waals surface area (Å²) >= 11 is 5.73. The zero-order valence-electron chi connectivity index (χ0n) is 8.67. The molecule has 0 spiro atoms. The fourth-order valence-electron chi connectivity index (χ4n) is 1.07. The summed E-state index contributed by atoms with van der Waals surface area (Å²) in [5.74, 6) is -0.903. The molecule has 0 bridgehead atoms. The number of nitrogens with one attached hydrogen (secondary N) is 1. The third-order valence-electron chi connectivity index (χ3n) is 1.87. The molecule has 1 atom stereocenters. The van der Waals surface area contributed by atoms with Gasteiger partial charge in [0, 0.05) is 7.11 Å². The number of nitrogens with two attached hydrogens (primary N) is 1. The van der Waals surface area contributed by atoms with Crippen LogP contribution in [-0.2, 0) is 9.53 Å². The summed E-state index contributed by atoms with van der Waals surface area (Å²) < 4.78 is 17.5. The van der Waals surface area contributed by atoms with Crippen molar-refractivity contribution in [1.29, 1.82) is 0 Å². The van der Waals surface area contributed by atoms with Gasteiger partial charge in [0.25, 0.3) is 0 Å². The first kappa shape index (κ1) is 12.9. The van der Waals surface area contributed by atoms with E-state index in [4.69, 9.17) is 22.1 Å². The highest BCUT2D eigenvalue weighted by atomic mass is 35.5. The second-order valence-electron chi connectivity index (χ2n) is 3.18. The number of halogens is 2. The van der Waals surface area contributed by atoms with E-state index >= 15 is 0 Å². The summed E-state index contributed by atoms with van der Waals surface area (Å²) in [6, 6.07) is 2.89. The van der Waals surface area contributed by atoms with Crippen LogP contribution in [0.3, 0.4) is 0 Å². The maximum Gasteiger partial charge on any atom is 0.243 e. The predicted molar refractivity (Wildman–Crippen MR) is 59.9 cm³/mol. The molecule has 0 aromatic heterocycles. The highest BCUT2D eigenvalue weighted by Gasteiger charge is 2.14. The average molecular weight is 247 g/mol. The Kier molecular flexibility index (Phi) is 4.67. The summed E-state index contributed by atoms with van der Waals surface area (Å²) in [5, 5.41) is 2.60. The molecule has 1 unspecified atom stereocenters. The number of amides is 1. The molecule has 16 heavy (non-hydrogen) atoms. The van der Waals surface area contributed by atoms with E-state index in [1.54, 1.807) is 0 Å². The van der Waals surface area contributed by atoms with Gasteiger partial charge in [-0.05, 0) is 18.2 Å². The molecule has 0 heterocycles. The van der Waals surface area contributed by atoms with Crippen molar-refractivity contribution in [2.24, 2.45) is 5.73 Å². The zero-order chi connectivity index (χ0) is 12.1. The minimum absolute atomic E-state index is 0.102. The highest BCUT2D eigenvalue weighted by Crippen LogP contribution is 2.22. The van der Waals surface area contributed by atoms with E-state index in [-0.39, 0.29) is 11.6 Å². The fraction of sp³-hybridized carbons (Fsp3) is 0.300. The van der Waals surface area contributed by atoms with Gasteiger partial charge in [0.15, 0.2) is 0 Å². The van der Waals surface area contributed by atoms with E-state index in [0.29, 0.717) is 5.69 Å². The normalized spacial score (nSPS) is 12.2. The summed E-state index contributed by atoms with van der Waals surface area (Å²) in [4.78, 5) is 11.5. The second kappa shape index (κ2) is 5.79. The maximum atomic E-state index is 12.7. The van der Waals surface area contributed by atoms with Gasteiger partial charge >= 0.3 is 0 Å². The number of hydrogen-bond acceptors (Lipinski definition) is 3. The molecule has 3 N–H and O–H groups in total. The first-order chi connectivity index (χ1) is 7.54. The lowest BCUT2D eigenvalue weighted by atomic mass is 10.2. The number of methoxy groups -OCH3 is 1. The van der Waals surface area contributed by atoms with E-state index in [0.717, 1.165) is 6.07 Å². The molecule has 0 saturated heterocycles. The number of benzene rings is 1. The molecule has 0 aliphatic carbocycles. The Hall–Kier alpha value is -1.17. The maximum absolute atomic E-state index is 12.7. The Morgan fingerprint density at radius 2 is 2.38 bits per heavy atom. The first-order valence-corrected chi connectivity index (χ1v) is 4.93. The minimum atomic E-state index is -0.786. The van der Waals surface area contributed by atoms with Gasteiger partial charge in [0.1, 0.15) is 11.9 Å². The average Bonchev–Trinajstić information content (AvgIpc) is 2.22. The molecular formula is C10H12ClFN2O2. The van der Waals surface area contributed by atoms with Gasteiger partial charge < -0.3 is 15.8 Å². The van der Waals surface area contributed by atoms with Crippen molar-refractivity contribution in [1.82, 2.24) is 0 Å². The molecule has 6 heteroatoms. The van der Waals surface area contributed by atoms with E-state index in [9.17, 15) is 9.18 Å². The molecule has 1 aromatic rings. The second-order valence-corrected chi connectivity index (χ2v) is 3.58. The molecule has 0 radical (unpaired) electrons. The van der Waals surface area contributed by atoms with Crippen molar-refractivity contribution in [2.45, 2.75) is 6.04 Å². The summed E-state index contributed by atoms with van der Waals surface area (Å²) in [6.45, 7) is 0.102. The molecule has 0 aliphatic rings. The zero-order valence-corrected chi connectivity index (χ0v) is 9.42. The topological polar surface area (TPSA) is 64.3 Å². The van der Waals surface area contributed by atoms with Gasteiger partial charge in [-0.3, -0.25) is 4.79 Å². The molecular weight excluding hydrogens is 235 g/mol. The summed E-state index contributed by atoms with van der Waals surface area (Å²) in [6.07, 6.45) is 0. The van der Waals surface area contributed by atoms with Crippen molar-refractivity contribution >= 4 is 23.2 Å². The van der Waals surface area contributed by atoms with Crippen LogP contribution in [0.1, 0.15) is 0 Å². The van der Waals surface area contributed by atoms with E-state index in [1.807, 2.05) is 0 Å². The molecule has 4 nitrogen and oxygen atoms in total. The standard InChI is InChI=1S/C10H12ClFN2O2/c1-16-5-8(13)10(15)14-9-3-2-6(12)4-7(9)11/h2-4,8H,5,13H2,1H3,(H,14,15).